The Morgan fingerprint density at radius 2 is 2.23 bits per heavy atom. The molecule has 3 heterocycles. The molecule has 0 fully saturated rings. The molecule has 112 valence electrons. The second-order valence-corrected chi connectivity index (χ2v) is 5.15. The minimum atomic E-state index is 0.673. The average Bonchev–Trinajstić information content (AvgIpc) is 3.04. The summed E-state index contributed by atoms with van der Waals surface area (Å²) in [7, 11) is 1.67. The van der Waals surface area contributed by atoms with Crippen LogP contribution in [0.3, 0.4) is 0 Å². The summed E-state index contributed by atoms with van der Waals surface area (Å²) in [4.78, 5) is 6.51. The number of rotatable bonds is 3. The van der Waals surface area contributed by atoms with Crippen LogP contribution in [0.5, 0.6) is 11.5 Å². The molecule has 4 rings (SSSR count). The number of pyridine rings is 1. The van der Waals surface area contributed by atoms with E-state index in [0.717, 1.165) is 41.6 Å². The highest BCUT2D eigenvalue weighted by Gasteiger charge is 2.20. The molecule has 1 aliphatic heterocycles. The Morgan fingerprint density at radius 3 is 3.14 bits per heavy atom. The lowest BCUT2D eigenvalue weighted by atomic mass is 10.2. The van der Waals surface area contributed by atoms with Crippen LogP contribution in [0.2, 0.25) is 0 Å². The summed E-state index contributed by atoms with van der Waals surface area (Å²) in [5.41, 5.74) is 2.99. The van der Waals surface area contributed by atoms with Gasteiger partial charge in [-0.25, -0.2) is 9.50 Å². The summed E-state index contributed by atoms with van der Waals surface area (Å²) < 4.78 is 12.9. The Hall–Kier alpha value is -2.76. The van der Waals surface area contributed by atoms with Crippen molar-refractivity contribution in [3.05, 3.63) is 48.4 Å². The molecule has 0 aliphatic carbocycles. The lowest BCUT2D eigenvalue weighted by molar-refractivity contribution is 0.305. The van der Waals surface area contributed by atoms with Crippen molar-refractivity contribution in [2.75, 3.05) is 25.2 Å². The molecule has 0 amide bonds. The van der Waals surface area contributed by atoms with Crippen LogP contribution in [0.25, 0.3) is 5.65 Å². The Balaban J connectivity index is 1.71. The molecule has 3 aromatic rings. The van der Waals surface area contributed by atoms with Crippen molar-refractivity contribution in [3.8, 4) is 11.5 Å². The predicted octanol–water partition coefficient (Wildman–Crippen LogP) is 2.14. The second kappa shape index (κ2) is 5.22. The maximum absolute atomic E-state index is 5.73. The summed E-state index contributed by atoms with van der Waals surface area (Å²) in [6.45, 7) is 2.24. The number of ether oxygens (including phenoxy) is 2. The van der Waals surface area contributed by atoms with E-state index < -0.39 is 0 Å². The van der Waals surface area contributed by atoms with Crippen LogP contribution in [0.15, 0.2) is 42.7 Å². The highest BCUT2D eigenvalue weighted by Crippen LogP contribution is 2.35. The van der Waals surface area contributed by atoms with Crippen molar-refractivity contribution in [2.45, 2.75) is 6.54 Å². The van der Waals surface area contributed by atoms with Crippen LogP contribution in [-0.2, 0) is 6.54 Å². The van der Waals surface area contributed by atoms with Gasteiger partial charge < -0.3 is 14.4 Å². The van der Waals surface area contributed by atoms with Gasteiger partial charge in [-0.2, -0.15) is 5.10 Å². The van der Waals surface area contributed by atoms with Gasteiger partial charge >= 0.3 is 0 Å². The van der Waals surface area contributed by atoms with Gasteiger partial charge in [-0.15, -0.1) is 0 Å². The fourth-order valence-corrected chi connectivity index (χ4v) is 2.76. The first-order valence-corrected chi connectivity index (χ1v) is 7.18. The Kier molecular flexibility index (Phi) is 3.07. The largest absolute Gasteiger partial charge is 0.497 e. The van der Waals surface area contributed by atoms with Crippen LogP contribution < -0.4 is 14.4 Å². The highest BCUT2D eigenvalue weighted by molar-refractivity contribution is 5.63. The molecule has 0 unspecified atom stereocenters. The first-order valence-electron chi connectivity index (χ1n) is 7.18. The quantitative estimate of drug-likeness (QED) is 0.741. The molecule has 0 radical (unpaired) electrons. The number of nitrogens with zero attached hydrogens (tertiary/aromatic N) is 4. The number of aromatic nitrogens is 3. The molecule has 22 heavy (non-hydrogen) atoms. The Labute approximate surface area is 127 Å². The minimum Gasteiger partial charge on any atom is -0.497 e. The SMILES string of the molecule is COc1ccc2c(c1)N(Cc1cccc3ncnn13)CCO2. The van der Waals surface area contributed by atoms with Crippen molar-refractivity contribution in [1.29, 1.82) is 0 Å². The monoisotopic (exact) mass is 296 g/mol. The molecule has 0 spiro atoms. The standard InChI is InChI=1S/C16H16N4O2/c1-21-13-5-6-15-14(9-13)19(7-8-22-15)10-12-3-2-4-16-17-11-18-20(12)16/h2-6,9,11H,7-8,10H2,1H3. The summed E-state index contributed by atoms with van der Waals surface area (Å²) in [5.74, 6) is 1.71. The van der Waals surface area contributed by atoms with E-state index in [-0.39, 0.29) is 0 Å². The van der Waals surface area contributed by atoms with Crippen LogP contribution in [-0.4, -0.2) is 34.9 Å². The second-order valence-electron chi connectivity index (χ2n) is 5.15. The zero-order chi connectivity index (χ0) is 14.9. The molecule has 0 N–H and O–H groups in total. The van der Waals surface area contributed by atoms with Gasteiger partial charge in [-0.05, 0) is 24.3 Å². The maximum atomic E-state index is 5.73. The maximum Gasteiger partial charge on any atom is 0.155 e. The van der Waals surface area contributed by atoms with Crippen LogP contribution >= 0.6 is 0 Å². The van der Waals surface area contributed by atoms with Crippen molar-refractivity contribution in [1.82, 2.24) is 14.6 Å². The number of fused-ring (bicyclic) bond motifs is 2. The van der Waals surface area contributed by atoms with Gasteiger partial charge in [0.2, 0.25) is 0 Å². The van der Waals surface area contributed by atoms with E-state index in [0.29, 0.717) is 6.61 Å². The van der Waals surface area contributed by atoms with Gasteiger partial charge in [0.05, 0.1) is 31.6 Å². The average molecular weight is 296 g/mol. The molecule has 6 nitrogen and oxygen atoms in total. The smallest absolute Gasteiger partial charge is 0.155 e. The van der Waals surface area contributed by atoms with Crippen molar-refractivity contribution in [3.63, 3.8) is 0 Å². The van der Waals surface area contributed by atoms with E-state index in [1.807, 2.05) is 34.8 Å². The van der Waals surface area contributed by atoms with Gasteiger partial charge in [-0.3, -0.25) is 0 Å². The number of benzene rings is 1. The summed E-state index contributed by atoms with van der Waals surface area (Å²) in [6.07, 6.45) is 1.58. The van der Waals surface area contributed by atoms with Gasteiger partial charge in [0.15, 0.2) is 5.65 Å². The van der Waals surface area contributed by atoms with E-state index in [4.69, 9.17) is 9.47 Å². The zero-order valence-corrected chi connectivity index (χ0v) is 12.3. The molecule has 1 aliphatic rings. The van der Waals surface area contributed by atoms with E-state index in [2.05, 4.69) is 21.0 Å². The third-order valence-corrected chi connectivity index (χ3v) is 3.86. The number of hydrogen-bond acceptors (Lipinski definition) is 5. The van der Waals surface area contributed by atoms with E-state index >= 15 is 0 Å². The molecule has 1 aromatic carbocycles. The van der Waals surface area contributed by atoms with Gasteiger partial charge in [-0.1, -0.05) is 6.07 Å². The molecule has 6 heteroatoms. The third kappa shape index (κ3) is 2.13. The summed E-state index contributed by atoms with van der Waals surface area (Å²) in [5, 5.41) is 4.30. The first kappa shape index (κ1) is 12.9. The molecule has 0 bridgehead atoms. The summed E-state index contributed by atoms with van der Waals surface area (Å²) in [6, 6.07) is 11.9. The van der Waals surface area contributed by atoms with E-state index in [9.17, 15) is 0 Å². The Morgan fingerprint density at radius 1 is 1.27 bits per heavy atom. The minimum absolute atomic E-state index is 0.673. The Bertz CT molecular complexity index is 815. The van der Waals surface area contributed by atoms with Crippen molar-refractivity contribution >= 4 is 11.3 Å². The molecule has 0 saturated carbocycles. The fourth-order valence-electron chi connectivity index (χ4n) is 2.76. The molecular formula is C16H16N4O2. The molecular weight excluding hydrogens is 280 g/mol. The van der Waals surface area contributed by atoms with Gasteiger partial charge in [0, 0.05) is 6.07 Å². The molecule has 2 aromatic heterocycles. The zero-order valence-electron chi connectivity index (χ0n) is 12.3. The molecule has 0 atom stereocenters. The highest BCUT2D eigenvalue weighted by atomic mass is 16.5. The summed E-state index contributed by atoms with van der Waals surface area (Å²) >= 11 is 0. The van der Waals surface area contributed by atoms with Crippen LogP contribution in [0.4, 0.5) is 5.69 Å². The van der Waals surface area contributed by atoms with Crippen LogP contribution in [0.1, 0.15) is 5.69 Å². The topological polar surface area (TPSA) is 51.9 Å². The van der Waals surface area contributed by atoms with Crippen molar-refractivity contribution < 1.29 is 9.47 Å². The number of methoxy groups -OCH3 is 1. The first-order chi connectivity index (χ1) is 10.8. The van der Waals surface area contributed by atoms with Gasteiger partial charge in [0.1, 0.15) is 24.4 Å². The number of hydrogen-bond donors (Lipinski definition) is 0. The normalized spacial score (nSPS) is 13.8. The number of anilines is 1. The van der Waals surface area contributed by atoms with E-state index in [1.54, 1.807) is 13.4 Å². The fraction of sp³-hybridized carbons (Fsp3) is 0.250. The van der Waals surface area contributed by atoms with Gasteiger partial charge in [0.25, 0.3) is 0 Å². The third-order valence-electron chi connectivity index (χ3n) is 3.86. The predicted molar refractivity (Wildman–Crippen MR) is 82.5 cm³/mol. The van der Waals surface area contributed by atoms with Crippen molar-refractivity contribution in [2.24, 2.45) is 0 Å². The molecule has 0 saturated heterocycles. The van der Waals surface area contributed by atoms with Crippen LogP contribution in [0, 0.1) is 0 Å². The lowest BCUT2D eigenvalue weighted by Crippen LogP contribution is -2.32. The van der Waals surface area contributed by atoms with E-state index in [1.165, 1.54) is 0 Å². The lowest BCUT2D eigenvalue weighted by Gasteiger charge is -2.31.